The van der Waals surface area contributed by atoms with Crippen LogP contribution in [0.1, 0.15) is 13.8 Å². The number of quaternary nitrogens is 1. The number of thioether (sulfide) groups is 1. The maximum absolute atomic E-state index is 13.1. The van der Waals surface area contributed by atoms with Crippen LogP contribution in [-0.4, -0.2) is 47.9 Å². The first kappa shape index (κ1) is 22.1. The third kappa shape index (κ3) is 5.09. The monoisotopic (exact) mass is 425 g/mol. The number of nitrogens with one attached hydrogen (secondary N) is 1. The summed E-state index contributed by atoms with van der Waals surface area (Å²) in [6, 6.07) is 16.9. The Hall–Kier alpha value is -2.64. The fourth-order valence-electron chi connectivity index (χ4n) is 3.35. The van der Waals surface area contributed by atoms with E-state index in [9.17, 15) is 9.59 Å². The quantitative estimate of drug-likeness (QED) is 0.421. The van der Waals surface area contributed by atoms with Crippen molar-refractivity contribution in [2.24, 2.45) is 0 Å². The molecule has 1 heterocycles. The van der Waals surface area contributed by atoms with Gasteiger partial charge < -0.3 is 9.80 Å². The lowest BCUT2D eigenvalue weighted by molar-refractivity contribution is -0.897. The number of anilines is 1. The molecular weight excluding hydrogens is 396 g/mol. The van der Waals surface area contributed by atoms with E-state index in [1.807, 2.05) is 54.6 Å². The van der Waals surface area contributed by atoms with Gasteiger partial charge in [0.25, 0.3) is 5.56 Å². The average molecular weight is 426 g/mol. The van der Waals surface area contributed by atoms with Crippen LogP contribution >= 0.6 is 11.8 Å². The van der Waals surface area contributed by atoms with Crippen LogP contribution < -0.4 is 15.4 Å². The second-order valence-electron chi connectivity index (χ2n) is 7.15. The van der Waals surface area contributed by atoms with E-state index in [-0.39, 0.29) is 17.2 Å². The van der Waals surface area contributed by atoms with Gasteiger partial charge in [-0.05, 0) is 38.1 Å². The molecule has 30 heavy (non-hydrogen) atoms. The van der Waals surface area contributed by atoms with Crippen molar-refractivity contribution in [3.8, 4) is 0 Å². The fraction of sp³-hybridized carbons (Fsp3) is 0.348. The minimum Gasteiger partial charge on any atom is -0.334 e. The Kier molecular flexibility index (Phi) is 7.65. The number of aromatic nitrogens is 2. The number of fused-ring (bicyclic) bond motifs is 1. The molecule has 158 valence electrons. The summed E-state index contributed by atoms with van der Waals surface area (Å²) < 4.78 is 1.73. The molecule has 3 rings (SSSR count). The number of nitrogens with zero attached hydrogens (tertiary/aromatic N) is 3. The number of likely N-dealkylation sites (N-methyl/N-ethyl adjacent to an activating group) is 1. The molecule has 2 aromatic carbocycles. The first-order chi connectivity index (χ1) is 14.5. The van der Waals surface area contributed by atoms with Gasteiger partial charge >= 0.3 is 0 Å². The Morgan fingerprint density at radius 2 is 1.73 bits per heavy atom. The van der Waals surface area contributed by atoms with E-state index in [0.29, 0.717) is 22.6 Å². The minimum absolute atomic E-state index is 0.0328. The van der Waals surface area contributed by atoms with E-state index < -0.39 is 0 Å². The topological polar surface area (TPSA) is 59.6 Å². The third-order valence-corrected chi connectivity index (χ3v) is 6.32. The van der Waals surface area contributed by atoms with Crippen molar-refractivity contribution in [1.82, 2.24) is 9.55 Å². The maximum atomic E-state index is 13.1. The standard InChI is InChI=1S/C23H28N4O2S/c1-4-26(5-2)15-16-27-22(29)19-13-9-10-14-20(19)24-23(27)30-17-21(28)25(3)18-11-7-6-8-12-18/h6-14H,4-5,15-17H2,1-3H3/p+1. The average Bonchev–Trinajstić information content (AvgIpc) is 2.79. The summed E-state index contributed by atoms with van der Waals surface area (Å²) in [5.41, 5.74) is 1.47. The second-order valence-corrected chi connectivity index (χ2v) is 8.09. The van der Waals surface area contributed by atoms with Crippen LogP contribution in [0.4, 0.5) is 5.69 Å². The minimum atomic E-state index is -0.0430. The first-order valence-corrected chi connectivity index (χ1v) is 11.3. The van der Waals surface area contributed by atoms with Crippen molar-refractivity contribution < 1.29 is 9.69 Å². The summed E-state index contributed by atoms with van der Waals surface area (Å²) >= 11 is 1.33. The molecule has 0 radical (unpaired) electrons. The summed E-state index contributed by atoms with van der Waals surface area (Å²) in [6.07, 6.45) is 0. The number of hydrogen-bond acceptors (Lipinski definition) is 4. The zero-order valence-corrected chi connectivity index (χ0v) is 18.6. The van der Waals surface area contributed by atoms with Gasteiger partial charge in [-0.1, -0.05) is 42.1 Å². The van der Waals surface area contributed by atoms with E-state index in [1.165, 1.54) is 16.7 Å². The molecule has 0 saturated heterocycles. The summed E-state index contributed by atoms with van der Waals surface area (Å²) in [6.45, 7) is 7.74. The molecule has 1 N–H and O–H groups in total. The molecule has 0 spiro atoms. The van der Waals surface area contributed by atoms with Crippen LogP contribution in [0.3, 0.4) is 0 Å². The van der Waals surface area contributed by atoms with E-state index in [1.54, 1.807) is 16.5 Å². The van der Waals surface area contributed by atoms with Gasteiger partial charge in [0.2, 0.25) is 5.91 Å². The van der Waals surface area contributed by atoms with Crippen molar-refractivity contribution in [3.63, 3.8) is 0 Å². The lowest BCUT2D eigenvalue weighted by atomic mass is 10.2. The van der Waals surface area contributed by atoms with Crippen molar-refractivity contribution in [1.29, 1.82) is 0 Å². The van der Waals surface area contributed by atoms with Gasteiger partial charge in [-0.2, -0.15) is 0 Å². The predicted molar refractivity (Wildman–Crippen MR) is 123 cm³/mol. The fourth-order valence-corrected chi connectivity index (χ4v) is 4.29. The van der Waals surface area contributed by atoms with Crippen molar-refractivity contribution in [2.45, 2.75) is 25.5 Å². The van der Waals surface area contributed by atoms with Gasteiger partial charge in [-0.25, -0.2) is 4.98 Å². The van der Waals surface area contributed by atoms with Crippen LogP contribution in [0.25, 0.3) is 10.9 Å². The highest BCUT2D eigenvalue weighted by Crippen LogP contribution is 2.19. The molecule has 0 aliphatic rings. The molecular formula is C23H29N4O2S+. The zero-order valence-electron chi connectivity index (χ0n) is 17.8. The molecule has 0 fully saturated rings. The molecule has 1 aromatic heterocycles. The number of carbonyl (C=O) groups is 1. The van der Waals surface area contributed by atoms with Crippen LogP contribution in [0.2, 0.25) is 0 Å². The van der Waals surface area contributed by atoms with Gasteiger partial charge in [0, 0.05) is 12.7 Å². The summed E-state index contributed by atoms with van der Waals surface area (Å²) in [7, 11) is 1.77. The zero-order chi connectivity index (χ0) is 21.5. The largest absolute Gasteiger partial charge is 0.334 e. The van der Waals surface area contributed by atoms with E-state index in [0.717, 1.165) is 25.3 Å². The Labute approximate surface area is 181 Å². The van der Waals surface area contributed by atoms with Crippen LogP contribution in [0.5, 0.6) is 0 Å². The molecule has 0 bridgehead atoms. The lowest BCUT2D eigenvalue weighted by Gasteiger charge is -2.19. The smallest absolute Gasteiger partial charge is 0.262 e. The van der Waals surface area contributed by atoms with Crippen LogP contribution in [-0.2, 0) is 11.3 Å². The molecule has 0 aliphatic heterocycles. The molecule has 0 saturated carbocycles. The SMILES string of the molecule is CC[NH+](CC)CCn1c(SCC(=O)N(C)c2ccccc2)nc2ccccc2c1=O. The highest BCUT2D eigenvalue weighted by Gasteiger charge is 2.17. The molecule has 0 unspecified atom stereocenters. The first-order valence-electron chi connectivity index (χ1n) is 10.3. The van der Waals surface area contributed by atoms with Gasteiger partial charge in [0.15, 0.2) is 5.16 Å². The van der Waals surface area contributed by atoms with E-state index in [4.69, 9.17) is 4.98 Å². The van der Waals surface area contributed by atoms with Crippen LogP contribution in [0, 0.1) is 0 Å². The molecule has 0 aliphatic carbocycles. The second kappa shape index (κ2) is 10.4. The summed E-state index contributed by atoms with van der Waals surface area (Å²) in [4.78, 5) is 33.6. The van der Waals surface area contributed by atoms with Gasteiger partial charge in [0.1, 0.15) is 0 Å². The van der Waals surface area contributed by atoms with Crippen molar-refractivity contribution in [2.75, 3.05) is 37.3 Å². The molecule has 1 amide bonds. The van der Waals surface area contributed by atoms with Crippen molar-refractivity contribution in [3.05, 3.63) is 65.0 Å². The Bertz CT molecular complexity index is 1050. The van der Waals surface area contributed by atoms with Gasteiger partial charge in [-0.3, -0.25) is 14.2 Å². The maximum Gasteiger partial charge on any atom is 0.262 e. The number of rotatable bonds is 9. The predicted octanol–water partition coefficient (Wildman–Crippen LogP) is 2.08. The number of hydrogen-bond donors (Lipinski definition) is 1. The Morgan fingerprint density at radius 3 is 2.43 bits per heavy atom. The summed E-state index contributed by atoms with van der Waals surface area (Å²) in [5, 5.41) is 1.21. The highest BCUT2D eigenvalue weighted by atomic mass is 32.2. The molecule has 0 atom stereocenters. The molecule has 3 aromatic rings. The highest BCUT2D eigenvalue weighted by molar-refractivity contribution is 7.99. The van der Waals surface area contributed by atoms with Gasteiger partial charge in [0.05, 0.1) is 42.8 Å². The Morgan fingerprint density at radius 1 is 1.07 bits per heavy atom. The number of para-hydroxylation sites is 2. The number of carbonyl (C=O) groups excluding carboxylic acids is 1. The normalized spacial score (nSPS) is 11.2. The number of benzene rings is 2. The van der Waals surface area contributed by atoms with E-state index >= 15 is 0 Å². The van der Waals surface area contributed by atoms with Crippen LogP contribution in [0.15, 0.2) is 64.5 Å². The number of amides is 1. The lowest BCUT2D eigenvalue weighted by Crippen LogP contribution is -3.11. The third-order valence-electron chi connectivity index (χ3n) is 5.36. The van der Waals surface area contributed by atoms with Crippen molar-refractivity contribution >= 4 is 34.3 Å². The summed E-state index contributed by atoms with van der Waals surface area (Å²) in [5.74, 6) is 0.184. The molecule has 6 nitrogen and oxygen atoms in total. The molecule has 7 heteroatoms. The van der Waals surface area contributed by atoms with Gasteiger partial charge in [-0.15, -0.1) is 0 Å². The Balaban J connectivity index is 1.85. The van der Waals surface area contributed by atoms with E-state index in [2.05, 4.69) is 13.8 Å².